The number of hydrogen-bond donors (Lipinski definition) is 3. The zero-order valence-electron chi connectivity index (χ0n) is 18.3. The summed E-state index contributed by atoms with van der Waals surface area (Å²) in [5.41, 5.74) is 0.891. The Morgan fingerprint density at radius 3 is 2.39 bits per heavy atom. The Kier molecular flexibility index (Phi) is 8.75. The third-order valence-electron chi connectivity index (χ3n) is 5.10. The van der Waals surface area contributed by atoms with Gasteiger partial charge in [0.1, 0.15) is 0 Å². The van der Waals surface area contributed by atoms with Crippen LogP contribution in [0.1, 0.15) is 26.3 Å². The van der Waals surface area contributed by atoms with Gasteiger partial charge in [0.2, 0.25) is 5.91 Å². The van der Waals surface area contributed by atoms with Gasteiger partial charge in [-0.3, -0.25) is 4.79 Å². The second-order valence-electron chi connectivity index (χ2n) is 8.01. The largest absolute Gasteiger partial charge is 0.395 e. The molecule has 172 valence electrons. The van der Waals surface area contributed by atoms with Crippen molar-refractivity contribution in [1.29, 1.82) is 0 Å². The second-order valence-corrected chi connectivity index (χ2v) is 9.85. The van der Waals surface area contributed by atoms with Crippen LogP contribution in [-0.4, -0.2) is 69.7 Å². The molecular weight excluding hydrogens is 420 g/mol. The maximum absolute atomic E-state index is 13.3. The number of carbonyl (C=O) groups excluding carboxylic acids is 1. The van der Waals surface area contributed by atoms with Crippen molar-refractivity contribution in [3.05, 3.63) is 48.4 Å². The maximum atomic E-state index is 13.3. The number of rotatable bonds is 11. The van der Waals surface area contributed by atoms with Gasteiger partial charge in [0.25, 0.3) is 10.0 Å². The number of aliphatic hydroxyl groups is 2. The smallest absolute Gasteiger partial charge is 0.262 e. The molecule has 0 aliphatic rings. The summed E-state index contributed by atoms with van der Waals surface area (Å²) >= 11 is 0. The van der Waals surface area contributed by atoms with Crippen LogP contribution >= 0.6 is 0 Å². The maximum Gasteiger partial charge on any atom is 0.262 e. The number of imidazole rings is 1. The number of amides is 1. The lowest BCUT2D eigenvalue weighted by molar-refractivity contribution is -0.120. The number of sulfonamides is 1. The van der Waals surface area contributed by atoms with E-state index in [-0.39, 0.29) is 23.4 Å². The van der Waals surface area contributed by atoms with Gasteiger partial charge in [0, 0.05) is 26.7 Å². The van der Waals surface area contributed by atoms with E-state index >= 15 is 0 Å². The summed E-state index contributed by atoms with van der Waals surface area (Å²) in [4.78, 5) is 15.7. The van der Waals surface area contributed by atoms with Crippen molar-refractivity contribution in [3.8, 4) is 0 Å². The first-order valence-corrected chi connectivity index (χ1v) is 11.6. The Morgan fingerprint density at radius 1 is 1.26 bits per heavy atom. The van der Waals surface area contributed by atoms with E-state index in [0.29, 0.717) is 6.42 Å². The molecule has 0 bridgehead atoms. The topological polar surface area (TPSA) is 125 Å². The van der Waals surface area contributed by atoms with Crippen LogP contribution in [0.25, 0.3) is 0 Å². The van der Waals surface area contributed by atoms with Crippen LogP contribution in [0, 0.1) is 5.92 Å². The predicted molar refractivity (Wildman–Crippen MR) is 117 cm³/mol. The number of aryl methyl sites for hydroxylation is 1. The molecule has 0 radical (unpaired) electrons. The number of nitrogens with zero attached hydrogens (tertiary/aromatic N) is 3. The number of nitrogens with one attached hydrogen (secondary N) is 1. The highest BCUT2D eigenvalue weighted by Crippen LogP contribution is 2.22. The summed E-state index contributed by atoms with van der Waals surface area (Å²) in [5, 5.41) is 23.5. The Balaban J connectivity index is 2.37. The molecular formula is C21H32N4O5S. The molecule has 2 aromatic rings. The van der Waals surface area contributed by atoms with E-state index in [0.717, 1.165) is 9.87 Å². The molecule has 0 aliphatic heterocycles. The zero-order chi connectivity index (χ0) is 23.2. The van der Waals surface area contributed by atoms with E-state index in [4.69, 9.17) is 0 Å². The molecule has 0 fully saturated rings. The van der Waals surface area contributed by atoms with Crippen molar-refractivity contribution in [2.45, 2.75) is 50.4 Å². The third kappa shape index (κ3) is 6.60. The molecule has 0 aliphatic carbocycles. The molecule has 31 heavy (non-hydrogen) atoms. The molecule has 0 spiro atoms. The van der Waals surface area contributed by atoms with Gasteiger partial charge < -0.3 is 20.1 Å². The quantitative estimate of drug-likeness (QED) is 0.457. The van der Waals surface area contributed by atoms with Gasteiger partial charge in [-0.05, 0) is 17.9 Å². The first kappa shape index (κ1) is 25.0. The van der Waals surface area contributed by atoms with E-state index in [9.17, 15) is 23.4 Å². The molecule has 1 heterocycles. The van der Waals surface area contributed by atoms with Crippen molar-refractivity contribution in [3.63, 3.8) is 0 Å². The fraction of sp³-hybridized carbons (Fsp3) is 0.524. The molecule has 0 saturated carbocycles. The number of benzene rings is 1. The van der Waals surface area contributed by atoms with Crippen LogP contribution < -0.4 is 5.32 Å². The Morgan fingerprint density at radius 2 is 1.90 bits per heavy atom. The average molecular weight is 453 g/mol. The molecule has 3 N–H and O–H groups in total. The van der Waals surface area contributed by atoms with Gasteiger partial charge in [0.15, 0.2) is 5.03 Å². The average Bonchev–Trinajstić information content (AvgIpc) is 3.14. The van der Waals surface area contributed by atoms with Gasteiger partial charge >= 0.3 is 0 Å². The first-order chi connectivity index (χ1) is 14.6. The number of aliphatic hydroxyl groups excluding tert-OH is 2. The first-order valence-electron chi connectivity index (χ1n) is 10.2. The summed E-state index contributed by atoms with van der Waals surface area (Å²) in [6.45, 7) is 4.21. The molecule has 1 amide bonds. The van der Waals surface area contributed by atoms with Crippen LogP contribution in [0.4, 0.5) is 0 Å². The summed E-state index contributed by atoms with van der Waals surface area (Å²) < 4.78 is 29.3. The fourth-order valence-corrected chi connectivity index (χ4v) is 5.15. The van der Waals surface area contributed by atoms with E-state index in [1.165, 1.54) is 24.0 Å². The molecule has 2 rings (SSSR count). The lowest BCUT2D eigenvalue weighted by Gasteiger charge is -2.35. The van der Waals surface area contributed by atoms with E-state index < -0.39 is 34.8 Å². The monoisotopic (exact) mass is 452 g/mol. The van der Waals surface area contributed by atoms with Gasteiger partial charge in [0.05, 0.1) is 31.1 Å². The van der Waals surface area contributed by atoms with Crippen molar-refractivity contribution in [1.82, 2.24) is 19.2 Å². The Labute approximate surface area is 183 Å². The van der Waals surface area contributed by atoms with Gasteiger partial charge in [-0.25, -0.2) is 13.4 Å². The molecule has 3 atom stereocenters. The van der Waals surface area contributed by atoms with Gasteiger partial charge in [-0.1, -0.05) is 44.2 Å². The van der Waals surface area contributed by atoms with Crippen LogP contribution in [0.15, 0.2) is 47.9 Å². The Bertz CT molecular complexity index is 946. The summed E-state index contributed by atoms with van der Waals surface area (Å²) in [7, 11) is -2.44. The lowest BCUT2D eigenvalue weighted by Crippen LogP contribution is -2.54. The summed E-state index contributed by atoms with van der Waals surface area (Å²) in [5.74, 6) is -0.550. The van der Waals surface area contributed by atoms with E-state index in [2.05, 4.69) is 10.3 Å². The molecule has 10 heteroatoms. The predicted octanol–water partition coefficient (Wildman–Crippen LogP) is 0.536. The van der Waals surface area contributed by atoms with E-state index in [1.54, 1.807) is 20.9 Å². The minimum Gasteiger partial charge on any atom is -0.395 e. The number of carbonyl (C=O) groups is 1. The van der Waals surface area contributed by atoms with Crippen LogP contribution in [-0.2, 0) is 28.3 Å². The Hall–Kier alpha value is -2.27. The van der Waals surface area contributed by atoms with Crippen molar-refractivity contribution >= 4 is 15.9 Å². The minimum atomic E-state index is -4.10. The van der Waals surface area contributed by atoms with Crippen LogP contribution in [0.3, 0.4) is 0 Å². The fourth-order valence-electron chi connectivity index (χ4n) is 3.41. The van der Waals surface area contributed by atoms with Gasteiger partial charge in [-0.15, -0.1) is 0 Å². The lowest BCUT2D eigenvalue weighted by atomic mass is 9.99. The molecule has 2 unspecified atom stereocenters. The summed E-state index contributed by atoms with van der Waals surface area (Å²) in [6, 6.07) is 7.83. The highest BCUT2D eigenvalue weighted by Gasteiger charge is 2.37. The number of aromatic nitrogens is 2. The molecule has 1 aromatic heterocycles. The normalized spacial score (nSPS) is 15.1. The third-order valence-corrected chi connectivity index (χ3v) is 6.88. The summed E-state index contributed by atoms with van der Waals surface area (Å²) in [6.07, 6.45) is 1.86. The number of hydrogen-bond acceptors (Lipinski definition) is 6. The minimum absolute atomic E-state index is 0.166. The SMILES string of the molecule is CC(=O)NC(Cc1ccccc1)C(O)CN([C@@H](CO)C(C)C)S(=O)(=O)c1cn(C)cn1. The second kappa shape index (κ2) is 10.9. The van der Waals surface area contributed by atoms with Crippen molar-refractivity contribution in [2.24, 2.45) is 13.0 Å². The van der Waals surface area contributed by atoms with Crippen LogP contribution in [0.5, 0.6) is 0 Å². The van der Waals surface area contributed by atoms with Crippen molar-refractivity contribution < 1.29 is 23.4 Å². The molecule has 9 nitrogen and oxygen atoms in total. The van der Waals surface area contributed by atoms with Gasteiger partial charge in [-0.2, -0.15) is 4.31 Å². The van der Waals surface area contributed by atoms with Crippen molar-refractivity contribution in [2.75, 3.05) is 13.2 Å². The van der Waals surface area contributed by atoms with E-state index in [1.807, 2.05) is 30.3 Å². The standard InChI is InChI=1S/C21H32N4O5S/c1-15(2)19(13-26)25(31(29,30)21-12-24(4)14-22-21)11-20(28)18(23-16(3)27)10-17-8-6-5-7-9-17/h5-9,12,14-15,18-20,26,28H,10-11,13H2,1-4H3,(H,23,27)/t18?,19-,20?/m0/s1. The zero-order valence-corrected chi connectivity index (χ0v) is 19.2. The van der Waals surface area contributed by atoms with Crippen LogP contribution in [0.2, 0.25) is 0 Å². The highest BCUT2D eigenvalue weighted by atomic mass is 32.2. The molecule has 0 saturated heterocycles. The highest BCUT2D eigenvalue weighted by molar-refractivity contribution is 7.89. The molecule has 1 aromatic carbocycles.